The topological polar surface area (TPSA) is 38.3 Å². The molecule has 1 aliphatic heterocycles. The molecule has 2 aliphatic rings. The number of carbonyl (C=O) groups excluding carboxylic acids is 1. The fourth-order valence-electron chi connectivity index (χ4n) is 5.40. The highest BCUT2D eigenvalue weighted by atomic mass is 19.4. The Bertz CT molecular complexity index is 1050. The van der Waals surface area contributed by atoms with E-state index >= 15 is 0 Å². The first-order chi connectivity index (χ1) is 16.3. The van der Waals surface area contributed by atoms with E-state index in [0.29, 0.717) is 37.8 Å². The first-order valence-electron chi connectivity index (χ1n) is 11.2. The van der Waals surface area contributed by atoms with E-state index in [2.05, 4.69) is 5.32 Å². The van der Waals surface area contributed by atoms with Gasteiger partial charge in [0.25, 0.3) is 0 Å². The van der Waals surface area contributed by atoms with Crippen LogP contribution in [0.4, 0.5) is 30.7 Å². The van der Waals surface area contributed by atoms with E-state index in [1.54, 1.807) is 12.1 Å². The van der Waals surface area contributed by atoms with Crippen molar-refractivity contribution in [2.24, 2.45) is 5.92 Å². The molecule has 0 spiro atoms. The maximum atomic E-state index is 13.6. The molecule has 1 saturated carbocycles. The summed E-state index contributed by atoms with van der Waals surface area (Å²) in [4.78, 5) is 11.9. The van der Waals surface area contributed by atoms with E-state index in [9.17, 15) is 35.5 Å². The molecule has 1 amide bonds. The molecule has 2 aromatic carbocycles. The molecule has 3 nitrogen and oxygen atoms in total. The lowest BCUT2D eigenvalue weighted by Crippen LogP contribution is -2.47. The smallest absolute Gasteiger partial charge is 0.373 e. The molecule has 190 valence electrons. The Morgan fingerprint density at radius 2 is 1.57 bits per heavy atom. The second-order valence-corrected chi connectivity index (χ2v) is 9.49. The van der Waals surface area contributed by atoms with Crippen molar-refractivity contribution in [3.05, 3.63) is 70.5 Å². The standard InChI is InChI=1S/C25H24F7NO2/c1-23(9-8-21(34)33-23)19-6-7-20(22(19)15-2-4-18(26)5-3-15)35-13-14-10-16(24(27,28)29)12-17(11-14)25(30,31)32/h2-5,10-12,19-20,22H,6-9,13H2,1H3,(H,33,34)/t19-,20+,22+,23+/m1/s1. The molecular formula is C25H24F7NO2. The molecule has 2 aromatic rings. The van der Waals surface area contributed by atoms with Gasteiger partial charge >= 0.3 is 12.4 Å². The van der Waals surface area contributed by atoms with Crippen LogP contribution in [0.3, 0.4) is 0 Å². The molecular weight excluding hydrogens is 479 g/mol. The van der Waals surface area contributed by atoms with Crippen molar-refractivity contribution in [1.29, 1.82) is 0 Å². The Morgan fingerprint density at radius 1 is 0.971 bits per heavy atom. The highest BCUT2D eigenvalue weighted by Crippen LogP contribution is 2.49. The second-order valence-electron chi connectivity index (χ2n) is 9.49. The fourth-order valence-corrected chi connectivity index (χ4v) is 5.40. The van der Waals surface area contributed by atoms with Gasteiger partial charge in [-0.3, -0.25) is 4.79 Å². The molecule has 2 fully saturated rings. The molecule has 4 atom stereocenters. The third-order valence-corrected chi connectivity index (χ3v) is 7.08. The second kappa shape index (κ2) is 9.11. The minimum Gasteiger partial charge on any atom is -0.373 e. The lowest BCUT2D eigenvalue weighted by molar-refractivity contribution is -0.143. The van der Waals surface area contributed by atoms with Gasteiger partial charge in [-0.15, -0.1) is 0 Å². The molecule has 1 saturated heterocycles. The van der Waals surface area contributed by atoms with Crippen LogP contribution in [-0.4, -0.2) is 17.6 Å². The lowest BCUT2D eigenvalue weighted by Gasteiger charge is -2.37. The highest BCUT2D eigenvalue weighted by molar-refractivity contribution is 5.79. The number of carbonyl (C=O) groups is 1. The first-order valence-corrected chi connectivity index (χ1v) is 11.2. The number of alkyl halides is 6. The largest absolute Gasteiger partial charge is 0.416 e. The van der Waals surface area contributed by atoms with Gasteiger partial charge in [0, 0.05) is 17.9 Å². The minimum absolute atomic E-state index is 0.0834. The van der Waals surface area contributed by atoms with Crippen LogP contribution in [0, 0.1) is 11.7 Å². The molecule has 0 unspecified atom stereocenters. The zero-order valence-electron chi connectivity index (χ0n) is 18.8. The van der Waals surface area contributed by atoms with Gasteiger partial charge in [-0.2, -0.15) is 26.3 Å². The SMILES string of the molecule is C[C@@]1([C@@H]2CC[C@H](OCc3cc(C(F)(F)F)cc(C(F)(F)F)c3)[C@H]2c2ccc(F)cc2)CCC(=O)N1. The van der Waals surface area contributed by atoms with Crippen molar-refractivity contribution in [3.8, 4) is 0 Å². The first kappa shape index (κ1) is 25.5. The van der Waals surface area contributed by atoms with Crippen molar-refractivity contribution in [3.63, 3.8) is 0 Å². The number of benzene rings is 2. The van der Waals surface area contributed by atoms with Crippen molar-refractivity contribution in [2.45, 2.75) is 69.1 Å². The third-order valence-electron chi connectivity index (χ3n) is 7.08. The molecule has 0 radical (unpaired) electrons. The minimum atomic E-state index is -4.94. The van der Waals surface area contributed by atoms with E-state index in [1.165, 1.54) is 12.1 Å². The van der Waals surface area contributed by atoms with Crippen LogP contribution < -0.4 is 5.32 Å². The third kappa shape index (κ3) is 5.47. The van der Waals surface area contributed by atoms with Crippen LogP contribution in [0.2, 0.25) is 0 Å². The maximum Gasteiger partial charge on any atom is 0.416 e. The number of hydrogen-bond acceptors (Lipinski definition) is 2. The number of hydrogen-bond donors (Lipinski definition) is 1. The monoisotopic (exact) mass is 503 g/mol. The number of rotatable bonds is 5. The quantitative estimate of drug-likeness (QED) is 0.467. The van der Waals surface area contributed by atoms with Gasteiger partial charge in [0.05, 0.1) is 23.8 Å². The van der Waals surface area contributed by atoms with Gasteiger partial charge in [-0.25, -0.2) is 4.39 Å². The number of ether oxygens (including phenoxy) is 1. The summed E-state index contributed by atoms with van der Waals surface area (Å²) in [6, 6.07) is 7.18. The zero-order valence-corrected chi connectivity index (χ0v) is 18.8. The average Bonchev–Trinajstić information content (AvgIpc) is 3.35. The van der Waals surface area contributed by atoms with Crippen LogP contribution in [-0.2, 0) is 28.5 Å². The van der Waals surface area contributed by atoms with Crippen molar-refractivity contribution in [1.82, 2.24) is 5.32 Å². The molecule has 35 heavy (non-hydrogen) atoms. The molecule has 4 rings (SSSR count). The van der Waals surface area contributed by atoms with Crippen LogP contribution in [0.5, 0.6) is 0 Å². The van der Waals surface area contributed by atoms with E-state index in [4.69, 9.17) is 4.74 Å². The van der Waals surface area contributed by atoms with E-state index in [1.807, 2.05) is 6.92 Å². The molecule has 0 aromatic heterocycles. The van der Waals surface area contributed by atoms with Gasteiger partial charge in [0.1, 0.15) is 5.82 Å². The summed E-state index contributed by atoms with van der Waals surface area (Å²) in [5, 5.41) is 3.01. The number of amides is 1. The van der Waals surface area contributed by atoms with Gasteiger partial charge < -0.3 is 10.1 Å². The predicted molar refractivity (Wildman–Crippen MR) is 113 cm³/mol. The average molecular weight is 503 g/mol. The summed E-state index contributed by atoms with van der Waals surface area (Å²) < 4.78 is 98.8. The Kier molecular flexibility index (Phi) is 6.63. The summed E-state index contributed by atoms with van der Waals surface area (Å²) in [6.45, 7) is 1.47. The molecule has 0 bridgehead atoms. The van der Waals surface area contributed by atoms with Crippen LogP contribution in [0.25, 0.3) is 0 Å². The Labute approximate surface area is 197 Å². The van der Waals surface area contributed by atoms with Gasteiger partial charge in [0.2, 0.25) is 5.91 Å². The summed E-state index contributed by atoms with van der Waals surface area (Å²) >= 11 is 0. The van der Waals surface area contributed by atoms with Gasteiger partial charge in [-0.05, 0) is 73.6 Å². The maximum absolute atomic E-state index is 13.6. The zero-order chi connectivity index (χ0) is 25.6. The van der Waals surface area contributed by atoms with E-state index < -0.39 is 47.5 Å². The highest BCUT2D eigenvalue weighted by Gasteiger charge is 2.50. The summed E-state index contributed by atoms with van der Waals surface area (Å²) in [6.07, 6.45) is -8.37. The Hall–Kier alpha value is -2.62. The number of halogens is 7. The summed E-state index contributed by atoms with van der Waals surface area (Å²) in [5.41, 5.74) is -2.85. The van der Waals surface area contributed by atoms with E-state index in [-0.39, 0.29) is 29.4 Å². The van der Waals surface area contributed by atoms with Crippen molar-refractivity contribution >= 4 is 5.91 Å². The van der Waals surface area contributed by atoms with Crippen LogP contribution in [0.1, 0.15) is 60.8 Å². The van der Waals surface area contributed by atoms with Crippen LogP contribution in [0.15, 0.2) is 42.5 Å². The predicted octanol–water partition coefficient (Wildman–Crippen LogP) is 6.61. The fraction of sp³-hybridized carbons (Fsp3) is 0.480. The normalized spacial score (nSPS) is 27.3. The lowest BCUT2D eigenvalue weighted by atomic mass is 9.74. The molecule has 1 N–H and O–H groups in total. The number of nitrogens with one attached hydrogen (secondary N) is 1. The summed E-state index contributed by atoms with van der Waals surface area (Å²) in [5.74, 6) is -0.952. The molecule has 1 aliphatic carbocycles. The van der Waals surface area contributed by atoms with Crippen molar-refractivity contribution < 1.29 is 40.3 Å². The van der Waals surface area contributed by atoms with Gasteiger partial charge in [-0.1, -0.05) is 12.1 Å². The Balaban J connectivity index is 1.62. The van der Waals surface area contributed by atoms with Crippen LogP contribution >= 0.6 is 0 Å². The van der Waals surface area contributed by atoms with Gasteiger partial charge in [0.15, 0.2) is 0 Å². The molecule has 10 heteroatoms. The molecule has 1 heterocycles. The van der Waals surface area contributed by atoms with Crippen molar-refractivity contribution in [2.75, 3.05) is 0 Å². The Morgan fingerprint density at radius 3 is 2.09 bits per heavy atom. The summed E-state index contributed by atoms with van der Waals surface area (Å²) in [7, 11) is 0. The van der Waals surface area contributed by atoms with E-state index in [0.717, 1.165) is 5.56 Å².